The van der Waals surface area contributed by atoms with Crippen LogP contribution >= 0.6 is 0 Å². The minimum atomic E-state index is -1.03. The molecule has 120 valence electrons. The van der Waals surface area contributed by atoms with E-state index < -0.39 is 36.0 Å². The Hall–Kier alpha value is -2.31. The third-order valence-electron chi connectivity index (χ3n) is 3.01. The molecule has 0 unspecified atom stereocenters. The average Bonchev–Trinajstić information content (AvgIpc) is 2.46. The highest BCUT2D eigenvalue weighted by Crippen LogP contribution is 2.13. The van der Waals surface area contributed by atoms with Crippen molar-refractivity contribution in [1.29, 1.82) is 0 Å². The maximum absolute atomic E-state index is 13.5. The van der Waals surface area contributed by atoms with E-state index in [4.69, 9.17) is 0 Å². The average molecular weight is 313 g/mol. The smallest absolute Gasteiger partial charge is 0.328 e. The molecule has 1 atom stereocenters. The third kappa shape index (κ3) is 5.23. The highest BCUT2D eigenvalue weighted by Gasteiger charge is 2.23. The van der Waals surface area contributed by atoms with Crippen molar-refractivity contribution in [2.45, 2.75) is 32.2 Å². The van der Waals surface area contributed by atoms with Gasteiger partial charge in [-0.3, -0.25) is 4.79 Å². The molecular formula is C15H17F2NO4. The van der Waals surface area contributed by atoms with Gasteiger partial charge in [0, 0.05) is 12.0 Å². The summed E-state index contributed by atoms with van der Waals surface area (Å²) >= 11 is 0. The lowest BCUT2D eigenvalue weighted by molar-refractivity contribution is -0.145. The second-order valence-electron chi connectivity index (χ2n) is 4.76. The zero-order chi connectivity index (χ0) is 16.7. The Bertz CT molecular complexity index is 554. The van der Waals surface area contributed by atoms with Crippen molar-refractivity contribution in [2.24, 2.45) is 0 Å². The van der Waals surface area contributed by atoms with Crippen LogP contribution in [0.25, 0.3) is 0 Å². The second kappa shape index (κ2) is 8.21. The largest absolute Gasteiger partial charge is 0.467 e. The fourth-order valence-electron chi connectivity index (χ4n) is 1.85. The van der Waals surface area contributed by atoms with Crippen LogP contribution in [0.1, 0.15) is 25.3 Å². The van der Waals surface area contributed by atoms with Crippen molar-refractivity contribution in [1.82, 2.24) is 5.32 Å². The number of ketones is 1. The third-order valence-corrected chi connectivity index (χ3v) is 3.01. The number of benzene rings is 1. The fourth-order valence-corrected chi connectivity index (χ4v) is 1.85. The fraction of sp³-hybridized carbons (Fsp3) is 0.400. The van der Waals surface area contributed by atoms with Gasteiger partial charge in [-0.2, -0.15) is 0 Å². The number of hydrogen-bond acceptors (Lipinski definition) is 4. The van der Waals surface area contributed by atoms with E-state index in [1.807, 2.05) is 0 Å². The molecule has 22 heavy (non-hydrogen) atoms. The summed E-state index contributed by atoms with van der Waals surface area (Å²) in [6.07, 6.45) is -0.409. The first-order valence-electron chi connectivity index (χ1n) is 6.64. The molecule has 5 nitrogen and oxygen atoms in total. The second-order valence-corrected chi connectivity index (χ2v) is 4.76. The molecule has 0 aliphatic carbocycles. The van der Waals surface area contributed by atoms with Crippen molar-refractivity contribution < 1.29 is 27.9 Å². The number of methoxy groups -OCH3 is 1. The normalized spacial score (nSPS) is 11.6. The topological polar surface area (TPSA) is 72.5 Å². The Morgan fingerprint density at radius 3 is 2.32 bits per heavy atom. The number of Topliss-reactive ketones (excluding diaryl/α,β-unsaturated/α-hetero) is 1. The molecule has 1 amide bonds. The minimum Gasteiger partial charge on any atom is -0.467 e. The van der Waals surface area contributed by atoms with Gasteiger partial charge in [0.1, 0.15) is 23.5 Å². The predicted molar refractivity (Wildman–Crippen MR) is 73.9 cm³/mol. The van der Waals surface area contributed by atoms with Gasteiger partial charge in [-0.05, 0) is 25.5 Å². The van der Waals surface area contributed by atoms with Crippen molar-refractivity contribution in [3.05, 3.63) is 35.4 Å². The first-order valence-corrected chi connectivity index (χ1v) is 6.64. The molecule has 0 spiro atoms. The van der Waals surface area contributed by atoms with Gasteiger partial charge < -0.3 is 14.8 Å². The molecule has 0 aromatic heterocycles. The van der Waals surface area contributed by atoms with Gasteiger partial charge in [0.25, 0.3) is 0 Å². The van der Waals surface area contributed by atoms with Gasteiger partial charge in [0.05, 0.1) is 13.5 Å². The number of halogens is 2. The Morgan fingerprint density at radius 2 is 1.82 bits per heavy atom. The molecule has 0 aliphatic heterocycles. The van der Waals surface area contributed by atoms with Gasteiger partial charge in [-0.1, -0.05) is 6.07 Å². The molecule has 0 bridgehead atoms. The lowest BCUT2D eigenvalue weighted by Gasteiger charge is -2.16. The summed E-state index contributed by atoms with van der Waals surface area (Å²) in [5, 5.41) is 2.33. The molecule has 1 aromatic rings. The molecule has 0 saturated heterocycles. The quantitative estimate of drug-likeness (QED) is 0.775. The molecule has 0 fully saturated rings. The monoisotopic (exact) mass is 313 g/mol. The maximum Gasteiger partial charge on any atom is 0.328 e. The molecule has 7 heteroatoms. The van der Waals surface area contributed by atoms with Crippen LogP contribution < -0.4 is 5.32 Å². The molecule has 0 saturated carbocycles. The maximum atomic E-state index is 13.5. The Morgan fingerprint density at radius 1 is 1.23 bits per heavy atom. The van der Waals surface area contributed by atoms with E-state index in [1.54, 1.807) is 0 Å². The van der Waals surface area contributed by atoms with Gasteiger partial charge in [-0.15, -0.1) is 0 Å². The van der Waals surface area contributed by atoms with Crippen molar-refractivity contribution in [2.75, 3.05) is 7.11 Å². The zero-order valence-corrected chi connectivity index (χ0v) is 12.3. The number of carbonyl (C=O) groups excluding carboxylic acids is 3. The standard InChI is InChI=1S/C15H17F2NO4/c1-9(19)6-7-13(15(21)22-2)18-14(20)8-10-11(16)4-3-5-12(10)17/h3-5,13H,6-8H2,1-2H3,(H,18,20)/t13-/m1/s1. The van der Waals surface area contributed by atoms with Crippen molar-refractivity contribution in [3.63, 3.8) is 0 Å². The number of rotatable bonds is 7. The first-order chi connectivity index (χ1) is 10.3. The lowest BCUT2D eigenvalue weighted by atomic mass is 10.1. The molecule has 0 aliphatic rings. The van der Waals surface area contributed by atoms with Crippen molar-refractivity contribution in [3.8, 4) is 0 Å². The van der Waals surface area contributed by atoms with E-state index in [0.717, 1.165) is 19.2 Å². The van der Waals surface area contributed by atoms with Crippen LogP contribution in [0.4, 0.5) is 8.78 Å². The molecule has 0 heterocycles. The number of carbonyl (C=O) groups is 3. The Balaban J connectivity index is 2.74. The number of esters is 1. The molecule has 1 N–H and O–H groups in total. The highest BCUT2D eigenvalue weighted by molar-refractivity contribution is 5.86. The van der Waals surface area contributed by atoms with Crippen LogP contribution in [0.3, 0.4) is 0 Å². The minimum absolute atomic E-state index is 0.0630. The van der Waals surface area contributed by atoms with E-state index in [2.05, 4.69) is 10.1 Å². The van der Waals surface area contributed by atoms with E-state index in [9.17, 15) is 23.2 Å². The van der Waals surface area contributed by atoms with Gasteiger partial charge in [0.2, 0.25) is 5.91 Å². The van der Waals surface area contributed by atoms with E-state index in [0.29, 0.717) is 0 Å². The summed E-state index contributed by atoms with van der Waals surface area (Å²) in [5.74, 6) is -3.28. The summed E-state index contributed by atoms with van der Waals surface area (Å²) in [4.78, 5) is 34.4. The summed E-state index contributed by atoms with van der Waals surface area (Å²) in [5.41, 5.74) is -0.379. The first kappa shape index (κ1) is 17.7. The highest BCUT2D eigenvalue weighted by atomic mass is 19.1. The van der Waals surface area contributed by atoms with E-state index in [-0.39, 0.29) is 24.2 Å². The summed E-state index contributed by atoms with van der Waals surface area (Å²) in [6, 6.07) is 2.24. The number of ether oxygens (including phenoxy) is 1. The Labute approximate surface area is 126 Å². The summed E-state index contributed by atoms with van der Waals surface area (Å²) in [6.45, 7) is 1.35. The number of nitrogens with one attached hydrogen (secondary N) is 1. The van der Waals surface area contributed by atoms with Crippen LogP contribution in [0.15, 0.2) is 18.2 Å². The van der Waals surface area contributed by atoms with E-state index >= 15 is 0 Å². The summed E-state index contributed by atoms with van der Waals surface area (Å²) < 4.78 is 31.5. The summed E-state index contributed by atoms with van der Waals surface area (Å²) in [7, 11) is 1.14. The van der Waals surface area contributed by atoms with Crippen LogP contribution in [0.5, 0.6) is 0 Å². The van der Waals surface area contributed by atoms with Crippen LogP contribution in [0, 0.1) is 11.6 Å². The molecule has 1 aromatic carbocycles. The Kier molecular flexibility index (Phi) is 6.62. The van der Waals surface area contributed by atoms with Gasteiger partial charge >= 0.3 is 5.97 Å². The van der Waals surface area contributed by atoms with Crippen LogP contribution in [0.2, 0.25) is 0 Å². The van der Waals surface area contributed by atoms with Gasteiger partial charge in [-0.25, -0.2) is 13.6 Å². The molecule has 1 rings (SSSR count). The SMILES string of the molecule is COC(=O)[C@@H](CCC(C)=O)NC(=O)Cc1c(F)cccc1F. The number of hydrogen-bond donors (Lipinski definition) is 1. The van der Waals surface area contributed by atoms with Crippen LogP contribution in [-0.4, -0.2) is 30.8 Å². The molecular weight excluding hydrogens is 296 g/mol. The molecule has 0 radical (unpaired) electrons. The van der Waals surface area contributed by atoms with E-state index in [1.165, 1.54) is 13.0 Å². The van der Waals surface area contributed by atoms with Gasteiger partial charge in [0.15, 0.2) is 0 Å². The predicted octanol–water partition coefficient (Wildman–Crippen LogP) is 1.53. The lowest BCUT2D eigenvalue weighted by Crippen LogP contribution is -2.42. The van der Waals surface area contributed by atoms with Crippen LogP contribution in [-0.2, 0) is 25.5 Å². The number of amides is 1. The zero-order valence-electron chi connectivity index (χ0n) is 12.3. The van der Waals surface area contributed by atoms with Crippen molar-refractivity contribution >= 4 is 17.7 Å².